The average molecular weight is 545 g/mol. The van der Waals surface area contributed by atoms with Crippen LogP contribution in [0.3, 0.4) is 0 Å². The minimum atomic E-state index is -0.338. The number of thiazole rings is 1. The van der Waals surface area contributed by atoms with Crippen molar-refractivity contribution in [3.63, 3.8) is 0 Å². The van der Waals surface area contributed by atoms with Crippen LogP contribution in [-0.2, 0) is 4.79 Å². The number of hydrogen-bond acceptors (Lipinski definition) is 6. The summed E-state index contributed by atoms with van der Waals surface area (Å²) in [6.45, 7) is 1.91. The molecule has 3 aromatic heterocycles. The molecule has 0 spiro atoms. The number of nitrogens with one attached hydrogen (secondary N) is 1. The summed E-state index contributed by atoms with van der Waals surface area (Å²) >= 11 is 5.43. The van der Waals surface area contributed by atoms with Crippen LogP contribution in [0.5, 0.6) is 0 Å². The highest BCUT2D eigenvalue weighted by atomic mass is 127. The Kier molecular flexibility index (Phi) is 5.34. The maximum atomic E-state index is 13.1. The van der Waals surface area contributed by atoms with E-state index in [1.54, 1.807) is 23.7 Å². The lowest BCUT2D eigenvalue weighted by Crippen LogP contribution is -2.29. The number of fused-ring (bicyclic) bond motifs is 1. The molecule has 30 heavy (non-hydrogen) atoms. The van der Waals surface area contributed by atoms with Crippen LogP contribution in [0, 0.1) is 3.70 Å². The van der Waals surface area contributed by atoms with Crippen molar-refractivity contribution in [3.8, 4) is 11.3 Å². The molecule has 1 aliphatic heterocycles. The van der Waals surface area contributed by atoms with E-state index in [2.05, 4.69) is 47.7 Å². The van der Waals surface area contributed by atoms with E-state index in [-0.39, 0.29) is 16.5 Å². The molecule has 0 aliphatic carbocycles. The van der Waals surface area contributed by atoms with Crippen LogP contribution in [0.15, 0.2) is 65.4 Å². The predicted molar refractivity (Wildman–Crippen MR) is 131 cm³/mol. The number of aliphatic imine (C=N–C) groups is 1. The molecule has 0 saturated carbocycles. The normalized spacial score (nSPS) is 18.5. The molecule has 4 heterocycles. The molecular weight excluding hydrogens is 529 g/mol. The Morgan fingerprint density at radius 2 is 2.10 bits per heavy atom. The molecule has 0 fully saturated rings. The highest BCUT2D eigenvalue weighted by Crippen LogP contribution is 2.40. The van der Waals surface area contributed by atoms with Gasteiger partial charge in [-0.05, 0) is 41.6 Å². The SMILES string of the molecule is CC1=NC(c2cccnc2)SC1C(=O)Nc1ccccc1-c1cn2c(I)csc2n1. The Labute approximate surface area is 195 Å². The molecule has 0 bridgehead atoms. The minimum Gasteiger partial charge on any atom is -0.324 e. The number of anilines is 1. The lowest BCUT2D eigenvalue weighted by atomic mass is 10.1. The monoisotopic (exact) mass is 545 g/mol. The quantitative estimate of drug-likeness (QED) is 0.355. The molecular formula is C21H16IN5OS2. The number of carbonyl (C=O) groups is 1. The summed E-state index contributed by atoms with van der Waals surface area (Å²) in [6, 6.07) is 11.7. The third kappa shape index (κ3) is 3.65. The zero-order valence-electron chi connectivity index (χ0n) is 15.8. The Bertz CT molecular complexity index is 1270. The summed E-state index contributed by atoms with van der Waals surface area (Å²) < 4.78 is 3.17. The van der Waals surface area contributed by atoms with E-state index >= 15 is 0 Å². The number of para-hydroxylation sites is 1. The van der Waals surface area contributed by atoms with Crippen molar-refractivity contribution >= 4 is 68.0 Å². The third-order valence-electron chi connectivity index (χ3n) is 4.80. The van der Waals surface area contributed by atoms with Crippen molar-refractivity contribution in [3.05, 3.63) is 69.6 Å². The molecule has 2 unspecified atom stereocenters. The second kappa shape index (κ2) is 8.12. The van der Waals surface area contributed by atoms with Crippen LogP contribution in [0.25, 0.3) is 16.2 Å². The van der Waals surface area contributed by atoms with E-state index in [9.17, 15) is 4.79 Å². The van der Waals surface area contributed by atoms with Gasteiger partial charge in [-0.3, -0.25) is 19.2 Å². The average Bonchev–Trinajstić information content (AvgIpc) is 3.45. The first kappa shape index (κ1) is 19.7. The molecule has 1 N–H and O–H groups in total. The van der Waals surface area contributed by atoms with E-state index in [0.29, 0.717) is 0 Å². The lowest BCUT2D eigenvalue weighted by Gasteiger charge is -2.14. The van der Waals surface area contributed by atoms with Crippen LogP contribution in [0.4, 0.5) is 5.69 Å². The van der Waals surface area contributed by atoms with E-state index in [1.165, 1.54) is 11.8 Å². The van der Waals surface area contributed by atoms with Gasteiger partial charge in [0.2, 0.25) is 5.91 Å². The lowest BCUT2D eigenvalue weighted by molar-refractivity contribution is -0.114. The first-order valence-electron chi connectivity index (χ1n) is 9.22. The number of amides is 1. The summed E-state index contributed by atoms with van der Waals surface area (Å²) in [5, 5.41) is 4.73. The first-order chi connectivity index (χ1) is 14.6. The summed E-state index contributed by atoms with van der Waals surface area (Å²) in [6.07, 6.45) is 5.55. The van der Waals surface area contributed by atoms with Crippen LogP contribution in [-0.4, -0.2) is 31.2 Å². The van der Waals surface area contributed by atoms with Gasteiger partial charge in [0.1, 0.15) is 10.6 Å². The molecule has 1 aromatic carbocycles. The standard InChI is InChI=1S/C21H16IN5OS2/c1-12-18(30-20(24-12)13-5-4-8-23-9-13)19(28)25-15-7-3-2-6-14(15)16-10-27-17(22)11-29-21(27)26-16/h2-11,18,20H,1H3,(H,25,28). The number of carbonyl (C=O) groups excluding carboxylic acids is 1. The van der Waals surface area contributed by atoms with Crippen LogP contribution >= 0.6 is 45.7 Å². The van der Waals surface area contributed by atoms with Gasteiger partial charge in [-0.25, -0.2) is 4.98 Å². The molecule has 5 rings (SSSR count). The number of imidazole rings is 1. The fourth-order valence-electron chi connectivity index (χ4n) is 3.34. The topological polar surface area (TPSA) is 71.7 Å². The molecule has 4 aromatic rings. The Morgan fingerprint density at radius 3 is 2.90 bits per heavy atom. The smallest absolute Gasteiger partial charge is 0.243 e. The van der Waals surface area contributed by atoms with E-state index in [4.69, 9.17) is 4.98 Å². The molecule has 0 radical (unpaired) electrons. The third-order valence-corrected chi connectivity index (χ3v) is 8.36. The van der Waals surface area contributed by atoms with E-state index < -0.39 is 0 Å². The van der Waals surface area contributed by atoms with Gasteiger partial charge in [0.25, 0.3) is 0 Å². The number of thioether (sulfide) groups is 1. The maximum absolute atomic E-state index is 13.1. The van der Waals surface area contributed by atoms with E-state index in [0.717, 1.165) is 36.9 Å². The zero-order valence-corrected chi connectivity index (χ0v) is 19.6. The summed E-state index contributed by atoms with van der Waals surface area (Å²) in [4.78, 5) is 27.6. The van der Waals surface area contributed by atoms with Crippen molar-refractivity contribution in [2.24, 2.45) is 4.99 Å². The second-order valence-corrected chi connectivity index (χ2v) is 9.93. The van der Waals surface area contributed by atoms with Crippen molar-refractivity contribution in [1.82, 2.24) is 14.4 Å². The van der Waals surface area contributed by atoms with Crippen molar-refractivity contribution < 1.29 is 4.79 Å². The number of rotatable bonds is 4. The van der Waals surface area contributed by atoms with Gasteiger partial charge >= 0.3 is 0 Å². The summed E-state index contributed by atoms with van der Waals surface area (Å²) in [5.41, 5.74) is 4.32. The van der Waals surface area contributed by atoms with Crippen LogP contribution in [0.1, 0.15) is 17.9 Å². The maximum Gasteiger partial charge on any atom is 0.243 e. The number of halogens is 1. The van der Waals surface area contributed by atoms with E-state index in [1.807, 2.05) is 49.5 Å². The first-order valence-corrected chi connectivity index (χ1v) is 12.1. The fraction of sp³-hybridized carbons (Fsp3) is 0.143. The second-order valence-electron chi connectivity index (χ2n) is 6.80. The van der Waals surface area contributed by atoms with Crippen LogP contribution < -0.4 is 5.32 Å². The highest BCUT2D eigenvalue weighted by Gasteiger charge is 2.33. The Hall–Kier alpha value is -2.24. The van der Waals surface area contributed by atoms with Crippen molar-refractivity contribution in [1.29, 1.82) is 0 Å². The molecule has 2 atom stereocenters. The van der Waals surface area contributed by atoms with Gasteiger partial charge < -0.3 is 5.32 Å². The Balaban J connectivity index is 1.39. The van der Waals surface area contributed by atoms with Gasteiger partial charge in [-0.2, -0.15) is 0 Å². The van der Waals surface area contributed by atoms with Crippen LogP contribution in [0.2, 0.25) is 0 Å². The predicted octanol–water partition coefficient (Wildman–Crippen LogP) is 5.28. The largest absolute Gasteiger partial charge is 0.324 e. The highest BCUT2D eigenvalue weighted by molar-refractivity contribution is 14.1. The number of pyridine rings is 1. The molecule has 150 valence electrons. The van der Waals surface area contributed by atoms with Crippen molar-refractivity contribution in [2.45, 2.75) is 17.5 Å². The van der Waals surface area contributed by atoms with Gasteiger partial charge in [-0.1, -0.05) is 24.3 Å². The molecule has 0 saturated heterocycles. The molecule has 1 amide bonds. The fourth-order valence-corrected chi connectivity index (χ4v) is 6.20. The van der Waals surface area contributed by atoms with Gasteiger partial charge in [0.05, 0.1) is 15.1 Å². The molecule has 6 nitrogen and oxygen atoms in total. The summed E-state index contributed by atoms with van der Waals surface area (Å²) in [7, 11) is 0. The molecule has 1 aliphatic rings. The number of hydrogen-bond donors (Lipinski definition) is 1. The minimum absolute atomic E-state index is 0.0734. The van der Waals surface area contributed by atoms with Crippen molar-refractivity contribution in [2.75, 3.05) is 5.32 Å². The zero-order chi connectivity index (χ0) is 20.7. The summed E-state index contributed by atoms with van der Waals surface area (Å²) in [5.74, 6) is -0.0734. The number of benzene rings is 1. The number of aromatic nitrogens is 3. The number of nitrogens with zero attached hydrogens (tertiary/aromatic N) is 4. The van der Waals surface area contributed by atoms with Gasteiger partial charge in [0, 0.05) is 40.8 Å². The van der Waals surface area contributed by atoms with Gasteiger partial charge in [0.15, 0.2) is 4.96 Å². The Morgan fingerprint density at radius 1 is 1.23 bits per heavy atom. The van der Waals surface area contributed by atoms with Gasteiger partial charge in [-0.15, -0.1) is 23.1 Å². The molecule has 9 heteroatoms.